The highest BCUT2D eigenvalue weighted by Gasteiger charge is 2.27. The SMILES string of the molecule is O=C(CSc1nnc(-c2ccccc2Br)o1)NCC(F)(F)F. The molecule has 0 aliphatic rings. The normalized spacial score (nSPS) is 11.5. The number of halogens is 4. The number of rotatable bonds is 5. The first kappa shape index (κ1) is 16.8. The van der Waals surface area contributed by atoms with E-state index in [0.29, 0.717) is 5.56 Å². The van der Waals surface area contributed by atoms with Gasteiger partial charge in [-0.3, -0.25) is 4.79 Å². The largest absolute Gasteiger partial charge is 0.411 e. The molecule has 1 amide bonds. The van der Waals surface area contributed by atoms with Gasteiger partial charge >= 0.3 is 6.18 Å². The van der Waals surface area contributed by atoms with Crippen molar-refractivity contribution in [3.8, 4) is 11.5 Å². The lowest BCUT2D eigenvalue weighted by molar-refractivity contribution is -0.136. The smallest absolute Gasteiger partial charge is 0.405 e. The molecule has 1 aromatic carbocycles. The van der Waals surface area contributed by atoms with Gasteiger partial charge in [-0.2, -0.15) is 13.2 Å². The predicted octanol–water partition coefficient (Wildman–Crippen LogP) is 3.27. The van der Waals surface area contributed by atoms with Gasteiger partial charge in [0.25, 0.3) is 5.22 Å². The Morgan fingerprint density at radius 2 is 2.05 bits per heavy atom. The molecule has 1 heterocycles. The number of benzene rings is 1. The molecule has 0 radical (unpaired) electrons. The van der Waals surface area contributed by atoms with Crippen molar-refractivity contribution in [2.75, 3.05) is 12.3 Å². The second-order valence-corrected chi connectivity index (χ2v) is 5.81. The summed E-state index contributed by atoms with van der Waals surface area (Å²) in [5.41, 5.74) is 0.684. The number of hydrogen-bond acceptors (Lipinski definition) is 5. The Bertz CT molecular complexity index is 663. The monoisotopic (exact) mass is 395 g/mol. The summed E-state index contributed by atoms with van der Waals surface area (Å²) >= 11 is 4.20. The third-order valence-electron chi connectivity index (χ3n) is 2.32. The summed E-state index contributed by atoms with van der Waals surface area (Å²) in [6.07, 6.45) is -4.43. The van der Waals surface area contributed by atoms with Gasteiger partial charge in [-0.25, -0.2) is 0 Å². The Balaban J connectivity index is 1.90. The predicted molar refractivity (Wildman–Crippen MR) is 77.2 cm³/mol. The van der Waals surface area contributed by atoms with Crippen molar-refractivity contribution in [1.29, 1.82) is 0 Å². The Morgan fingerprint density at radius 1 is 1.32 bits per heavy atom. The fourth-order valence-corrected chi connectivity index (χ4v) is 2.44. The van der Waals surface area contributed by atoms with Crippen molar-refractivity contribution in [3.05, 3.63) is 28.7 Å². The fourth-order valence-electron chi connectivity index (χ4n) is 1.39. The Hall–Kier alpha value is -1.55. The molecule has 0 atom stereocenters. The lowest BCUT2D eigenvalue weighted by atomic mass is 10.2. The molecule has 0 aliphatic heterocycles. The molecule has 0 saturated carbocycles. The van der Waals surface area contributed by atoms with Crippen LogP contribution in [0.25, 0.3) is 11.5 Å². The van der Waals surface area contributed by atoms with E-state index in [1.807, 2.05) is 6.07 Å². The Kier molecular flexibility index (Phi) is 5.46. The first-order valence-corrected chi connectivity index (χ1v) is 7.67. The van der Waals surface area contributed by atoms with Gasteiger partial charge in [0.15, 0.2) is 0 Å². The highest BCUT2D eigenvalue weighted by molar-refractivity contribution is 9.10. The van der Waals surface area contributed by atoms with Crippen LogP contribution in [0.1, 0.15) is 0 Å². The van der Waals surface area contributed by atoms with Gasteiger partial charge in [0.1, 0.15) is 6.54 Å². The zero-order valence-electron chi connectivity index (χ0n) is 10.9. The van der Waals surface area contributed by atoms with Crippen molar-refractivity contribution in [2.24, 2.45) is 0 Å². The topological polar surface area (TPSA) is 68.0 Å². The standard InChI is InChI=1S/C12H9BrF3N3O2S/c13-8-4-2-1-3-7(8)10-18-19-11(21-10)22-5-9(20)17-6-12(14,15)16/h1-4H,5-6H2,(H,17,20). The number of hydrogen-bond donors (Lipinski definition) is 1. The second-order valence-electron chi connectivity index (χ2n) is 4.03. The van der Waals surface area contributed by atoms with E-state index in [-0.39, 0.29) is 16.9 Å². The number of carbonyl (C=O) groups is 1. The van der Waals surface area contributed by atoms with Crippen LogP contribution in [0.5, 0.6) is 0 Å². The molecule has 0 unspecified atom stereocenters. The molecule has 2 aromatic rings. The van der Waals surface area contributed by atoms with Crippen LogP contribution in [0.3, 0.4) is 0 Å². The molecule has 1 aromatic heterocycles. The summed E-state index contributed by atoms with van der Waals surface area (Å²) in [6, 6.07) is 7.19. The highest BCUT2D eigenvalue weighted by Crippen LogP contribution is 2.28. The van der Waals surface area contributed by atoms with Gasteiger partial charge in [0.05, 0.1) is 11.3 Å². The highest BCUT2D eigenvalue weighted by atomic mass is 79.9. The number of carbonyl (C=O) groups excluding carboxylic acids is 1. The molecular formula is C12H9BrF3N3O2S. The second kappa shape index (κ2) is 7.14. The Labute approximate surface area is 135 Å². The zero-order valence-corrected chi connectivity index (χ0v) is 13.3. The van der Waals surface area contributed by atoms with Crippen LogP contribution in [-0.2, 0) is 4.79 Å². The van der Waals surface area contributed by atoms with Crippen molar-refractivity contribution >= 4 is 33.6 Å². The van der Waals surface area contributed by atoms with Gasteiger partial charge in [-0.05, 0) is 28.1 Å². The first-order valence-electron chi connectivity index (χ1n) is 5.90. The summed E-state index contributed by atoms with van der Waals surface area (Å²) < 4.78 is 41.9. The number of alkyl halides is 3. The summed E-state index contributed by atoms with van der Waals surface area (Å²) in [4.78, 5) is 11.3. The lowest BCUT2D eigenvalue weighted by Gasteiger charge is -2.06. The average molecular weight is 396 g/mol. The van der Waals surface area contributed by atoms with Gasteiger partial charge < -0.3 is 9.73 Å². The molecule has 0 saturated heterocycles. The van der Waals surface area contributed by atoms with Crippen LogP contribution in [0.4, 0.5) is 13.2 Å². The van der Waals surface area contributed by atoms with Crippen LogP contribution < -0.4 is 5.32 Å². The van der Waals surface area contributed by atoms with E-state index in [2.05, 4.69) is 26.1 Å². The number of nitrogens with zero attached hydrogens (tertiary/aromatic N) is 2. The molecule has 0 spiro atoms. The van der Waals surface area contributed by atoms with Gasteiger partial charge in [-0.15, -0.1) is 10.2 Å². The number of amides is 1. The van der Waals surface area contributed by atoms with Gasteiger partial charge in [0.2, 0.25) is 11.8 Å². The van der Waals surface area contributed by atoms with E-state index in [1.54, 1.807) is 23.5 Å². The number of thioether (sulfide) groups is 1. The van der Waals surface area contributed by atoms with Gasteiger partial charge in [0, 0.05) is 4.47 Å². The third kappa shape index (κ3) is 5.02. The molecule has 0 fully saturated rings. The number of aromatic nitrogens is 2. The fraction of sp³-hybridized carbons (Fsp3) is 0.250. The van der Waals surface area contributed by atoms with E-state index in [0.717, 1.165) is 16.2 Å². The van der Waals surface area contributed by atoms with Crippen molar-refractivity contribution in [1.82, 2.24) is 15.5 Å². The minimum Gasteiger partial charge on any atom is -0.411 e. The molecule has 2 rings (SSSR count). The third-order valence-corrected chi connectivity index (χ3v) is 3.83. The molecule has 0 aliphatic carbocycles. The molecular weight excluding hydrogens is 387 g/mol. The van der Waals surface area contributed by atoms with E-state index in [4.69, 9.17) is 4.42 Å². The van der Waals surface area contributed by atoms with Crippen molar-refractivity contribution in [2.45, 2.75) is 11.4 Å². The molecule has 0 bridgehead atoms. The maximum atomic E-state index is 11.9. The summed E-state index contributed by atoms with van der Waals surface area (Å²) in [5, 5.41) is 9.43. The first-order chi connectivity index (χ1) is 10.3. The van der Waals surface area contributed by atoms with Crippen molar-refractivity contribution in [3.63, 3.8) is 0 Å². The van der Waals surface area contributed by atoms with Crippen LogP contribution in [0.15, 0.2) is 38.4 Å². The minimum atomic E-state index is -4.43. The van der Waals surface area contributed by atoms with Crippen LogP contribution >= 0.6 is 27.7 Å². The molecule has 1 N–H and O–H groups in total. The summed E-state index contributed by atoms with van der Waals surface area (Å²) in [6.45, 7) is -1.36. The van der Waals surface area contributed by atoms with Gasteiger partial charge in [-0.1, -0.05) is 23.9 Å². The van der Waals surface area contributed by atoms with E-state index < -0.39 is 18.6 Å². The van der Waals surface area contributed by atoms with E-state index >= 15 is 0 Å². The minimum absolute atomic E-state index is 0.105. The average Bonchev–Trinajstić information content (AvgIpc) is 2.91. The van der Waals surface area contributed by atoms with Crippen molar-refractivity contribution < 1.29 is 22.4 Å². The van der Waals surface area contributed by atoms with Crippen LogP contribution in [0, 0.1) is 0 Å². The lowest BCUT2D eigenvalue weighted by Crippen LogP contribution is -2.34. The van der Waals surface area contributed by atoms with Crippen LogP contribution in [-0.4, -0.2) is 34.6 Å². The quantitative estimate of drug-likeness (QED) is 0.786. The van der Waals surface area contributed by atoms with E-state index in [1.165, 1.54) is 0 Å². The Morgan fingerprint density at radius 3 is 2.73 bits per heavy atom. The van der Waals surface area contributed by atoms with E-state index in [9.17, 15) is 18.0 Å². The summed E-state index contributed by atoms with van der Waals surface area (Å²) in [5.74, 6) is -0.748. The maximum Gasteiger partial charge on any atom is 0.405 e. The molecule has 5 nitrogen and oxygen atoms in total. The molecule has 10 heteroatoms. The summed E-state index contributed by atoms with van der Waals surface area (Å²) in [7, 11) is 0. The maximum absolute atomic E-state index is 11.9. The zero-order chi connectivity index (χ0) is 16.2. The number of nitrogens with one attached hydrogen (secondary N) is 1. The van der Waals surface area contributed by atoms with Crippen LogP contribution in [0.2, 0.25) is 0 Å². The molecule has 118 valence electrons. The molecule has 22 heavy (non-hydrogen) atoms.